The second-order valence-corrected chi connectivity index (χ2v) is 8.91. The minimum absolute atomic E-state index is 0.00670. The van der Waals surface area contributed by atoms with Crippen LogP contribution >= 0.6 is 23.2 Å². The molecule has 0 amide bonds. The van der Waals surface area contributed by atoms with Crippen LogP contribution in [0.15, 0.2) is 64.8 Å². The molecule has 0 aliphatic heterocycles. The lowest BCUT2D eigenvalue weighted by Gasteiger charge is -2.14. The van der Waals surface area contributed by atoms with Crippen LogP contribution in [-0.2, 0) is 4.74 Å². The van der Waals surface area contributed by atoms with Crippen LogP contribution in [0.3, 0.4) is 0 Å². The fourth-order valence-electron chi connectivity index (χ4n) is 3.26. The number of rotatable bonds is 11. The van der Waals surface area contributed by atoms with Crippen molar-refractivity contribution in [2.45, 2.75) is 40.5 Å². The van der Waals surface area contributed by atoms with Gasteiger partial charge in [0.1, 0.15) is 17.9 Å². The molecule has 38 heavy (non-hydrogen) atoms. The van der Waals surface area contributed by atoms with E-state index in [0.717, 1.165) is 23.8 Å². The minimum atomic E-state index is -1.22. The van der Waals surface area contributed by atoms with Gasteiger partial charge < -0.3 is 19.5 Å². The van der Waals surface area contributed by atoms with E-state index >= 15 is 4.39 Å². The summed E-state index contributed by atoms with van der Waals surface area (Å²) in [6.07, 6.45) is 11.0. The van der Waals surface area contributed by atoms with Crippen molar-refractivity contribution in [3.8, 4) is 11.3 Å². The average molecular weight is 563 g/mol. The van der Waals surface area contributed by atoms with E-state index in [1.165, 1.54) is 40.8 Å². The molecule has 3 rings (SSSR count). The molecule has 2 heterocycles. The van der Waals surface area contributed by atoms with Crippen LogP contribution < -0.4 is 5.23 Å². The Kier molecular flexibility index (Phi) is 12.4. The highest BCUT2D eigenvalue weighted by Crippen LogP contribution is 2.31. The number of nitrogens with one attached hydrogen (secondary N) is 1. The van der Waals surface area contributed by atoms with Crippen LogP contribution in [0.25, 0.3) is 16.8 Å². The van der Waals surface area contributed by atoms with Gasteiger partial charge in [0, 0.05) is 16.1 Å². The molecule has 0 aliphatic carbocycles. The smallest absolute Gasteiger partial charge is 0.356 e. The molecule has 0 saturated heterocycles. The number of carboxylic acid groups (broad SMARTS) is 1. The van der Waals surface area contributed by atoms with Gasteiger partial charge in [-0.05, 0) is 37.6 Å². The molecule has 0 radical (unpaired) electrons. The molecule has 12 heteroatoms. The predicted molar refractivity (Wildman–Crippen MR) is 153 cm³/mol. The number of anilines is 1. The number of benzene rings is 1. The zero-order valence-corrected chi connectivity index (χ0v) is 23.5. The Labute approximate surface area is 230 Å². The Morgan fingerprint density at radius 1 is 1.32 bits per heavy atom. The maximum absolute atomic E-state index is 15.4. The fourth-order valence-corrected chi connectivity index (χ4v) is 4.33. The highest BCUT2D eigenvalue weighted by molar-refractivity contribution is 8.25. The predicted octanol–water partition coefficient (Wildman–Crippen LogP) is 7.17. The van der Waals surface area contributed by atoms with Gasteiger partial charge >= 0.3 is 12.7 Å². The van der Waals surface area contributed by atoms with E-state index in [-0.39, 0.29) is 34.8 Å². The number of unbranched alkanes of at least 4 members (excludes halogenated alkanes) is 1. The standard InChI is InChI=1S/C24H24BClF2N4O3S.C2H6/c1-4-6-7-19(35-3)20(10-14(26)5-2)36-25-31-16-9-8-15(27)21(22(16)28)17-12-32-13-30-23(24(33)34)18(32)11-29-17;1-2/h5,7-13,25,31H,4,6H2,1-3H3,(H,33,34);1-2H3/b14-5+,19-7-,20-10+;. The van der Waals surface area contributed by atoms with Crippen molar-refractivity contribution in [2.75, 3.05) is 12.3 Å². The van der Waals surface area contributed by atoms with E-state index in [4.69, 9.17) is 16.3 Å². The van der Waals surface area contributed by atoms with E-state index < -0.39 is 17.6 Å². The summed E-state index contributed by atoms with van der Waals surface area (Å²) in [5.41, 5.74) is -0.265. The van der Waals surface area contributed by atoms with Gasteiger partial charge in [-0.25, -0.2) is 18.6 Å². The van der Waals surface area contributed by atoms with Gasteiger partial charge in [-0.2, -0.15) is 0 Å². The van der Waals surface area contributed by atoms with E-state index in [2.05, 4.69) is 22.1 Å². The number of fused-ring (bicyclic) bond motifs is 1. The molecule has 2 N–H and O–H groups in total. The zero-order valence-electron chi connectivity index (χ0n) is 21.9. The molecular formula is C26H30BClF2N4O3S. The van der Waals surface area contributed by atoms with Crippen LogP contribution in [-0.4, -0.2) is 39.2 Å². The number of hydrogen-bond donors (Lipinski definition) is 2. The Balaban J connectivity index is 0.00000247. The molecule has 0 bridgehead atoms. The minimum Gasteiger partial charge on any atom is -0.496 e. The highest BCUT2D eigenvalue weighted by atomic mass is 35.5. The molecule has 0 aliphatic rings. The summed E-state index contributed by atoms with van der Waals surface area (Å²) < 4.78 is 36.9. The number of nitrogens with zero attached hydrogens (tertiary/aromatic N) is 3. The summed E-state index contributed by atoms with van der Waals surface area (Å²) in [5.74, 6) is -2.20. The average Bonchev–Trinajstić information content (AvgIpc) is 3.35. The SMILES string of the molecule is CC.C\C=C(Cl)/C=C(SBNc1ccc(F)c(-c2cn3cnc(C(=O)O)c3cn2)c1F)\C(=C\CCC)OC. The lowest BCUT2D eigenvalue weighted by atomic mass is 10.1. The Bertz CT molecular complexity index is 1360. The molecule has 0 fully saturated rings. The third kappa shape index (κ3) is 7.61. The summed E-state index contributed by atoms with van der Waals surface area (Å²) in [7, 11) is 1.57. The maximum atomic E-state index is 15.4. The topological polar surface area (TPSA) is 88.8 Å². The lowest BCUT2D eigenvalue weighted by molar-refractivity contribution is 0.0693. The number of halogens is 3. The summed E-state index contributed by atoms with van der Waals surface area (Å²) >= 11 is 7.56. The molecule has 3 aromatic rings. The van der Waals surface area contributed by atoms with Gasteiger partial charge in [0.05, 0.1) is 35.8 Å². The van der Waals surface area contributed by atoms with Gasteiger partial charge in [0.2, 0.25) is 0 Å². The Morgan fingerprint density at radius 2 is 2.05 bits per heavy atom. The zero-order chi connectivity index (χ0) is 28.2. The molecule has 7 nitrogen and oxygen atoms in total. The lowest BCUT2D eigenvalue weighted by Crippen LogP contribution is -2.07. The van der Waals surface area contributed by atoms with E-state index in [1.807, 2.05) is 26.8 Å². The summed E-state index contributed by atoms with van der Waals surface area (Å²) in [6.45, 7) is 8.11. The van der Waals surface area contributed by atoms with Crippen molar-refractivity contribution in [1.29, 1.82) is 0 Å². The van der Waals surface area contributed by atoms with Crippen LogP contribution in [0.5, 0.6) is 0 Å². The van der Waals surface area contributed by atoms with Gasteiger partial charge in [-0.3, -0.25) is 4.98 Å². The molecule has 0 atom stereocenters. The number of allylic oxidation sites excluding steroid dienone is 4. The molecule has 0 spiro atoms. The third-order valence-electron chi connectivity index (χ3n) is 5.09. The number of carboxylic acids is 1. The first-order valence-corrected chi connectivity index (χ1v) is 13.4. The van der Waals surface area contributed by atoms with Gasteiger partial charge in [-0.1, -0.05) is 44.9 Å². The van der Waals surface area contributed by atoms with Gasteiger partial charge in [0.15, 0.2) is 11.5 Å². The van der Waals surface area contributed by atoms with E-state index in [1.54, 1.807) is 19.3 Å². The molecule has 0 saturated carbocycles. The van der Waals surface area contributed by atoms with Crippen LogP contribution in [0.2, 0.25) is 0 Å². The largest absolute Gasteiger partial charge is 0.496 e. The summed E-state index contributed by atoms with van der Waals surface area (Å²) in [6, 6.07) is 2.45. The number of carbonyl (C=O) groups is 1. The number of aromatic carboxylic acids is 1. The third-order valence-corrected chi connectivity index (χ3v) is 6.33. The van der Waals surface area contributed by atoms with Crippen molar-refractivity contribution in [3.63, 3.8) is 0 Å². The second-order valence-electron chi connectivity index (χ2n) is 7.46. The van der Waals surface area contributed by atoms with E-state index in [0.29, 0.717) is 10.8 Å². The normalized spacial score (nSPS) is 12.2. The van der Waals surface area contributed by atoms with Crippen molar-refractivity contribution in [1.82, 2.24) is 14.4 Å². The first kappa shape index (κ1) is 30.9. The quantitative estimate of drug-likeness (QED) is 0.145. The molecule has 1 aromatic carbocycles. The van der Waals surface area contributed by atoms with Crippen LogP contribution in [0.4, 0.5) is 14.5 Å². The Hall–Kier alpha value is -3.31. The van der Waals surface area contributed by atoms with Crippen molar-refractivity contribution >= 4 is 47.1 Å². The Morgan fingerprint density at radius 3 is 2.68 bits per heavy atom. The first-order chi connectivity index (χ1) is 18.3. The number of aromatic nitrogens is 3. The monoisotopic (exact) mass is 562 g/mol. The first-order valence-electron chi connectivity index (χ1n) is 12.0. The molecule has 202 valence electrons. The second kappa shape index (κ2) is 15.2. The number of hydrogen-bond acceptors (Lipinski definition) is 6. The number of methoxy groups -OCH3 is 1. The van der Waals surface area contributed by atoms with Gasteiger partial charge in [0.25, 0.3) is 0 Å². The van der Waals surface area contributed by atoms with Crippen LogP contribution in [0, 0.1) is 11.6 Å². The summed E-state index contributed by atoms with van der Waals surface area (Å²) in [4.78, 5) is 19.9. The molecular weight excluding hydrogens is 533 g/mol. The fraction of sp³-hybridized carbons (Fsp3) is 0.269. The van der Waals surface area contributed by atoms with Crippen molar-refractivity contribution < 1.29 is 23.4 Å². The number of imidazole rings is 1. The van der Waals surface area contributed by atoms with Crippen molar-refractivity contribution in [3.05, 3.63) is 82.1 Å². The summed E-state index contributed by atoms with van der Waals surface area (Å²) in [5, 5.41) is 12.7. The van der Waals surface area contributed by atoms with Crippen molar-refractivity contribution in [2.24, 2.45) is 0 Å². The van der Waals surface area contributed by atoms with Crippen LogP contribution in [0.1, 0.15) is 51.0 Å². The maximum Gasteiger partial charge on any atom is 0.356 e. The molecule has 0 unspecified atom stereocenters. The van der Waals surface area contributed by atoms with Gasteiger partial charge in [-0.15, -0.1) is 11.6 Å². The highest BCUT2D eigenvalue weighted by Gasteiger charge is 2.19. The number of ether oxygens (including phenoxy) is 1. The molecule has 2 aromatic heterocycles. The van der Waals surface area contributed by atoms with E-state index in [9.17, 15) is 14.3 Å².